The van der Waals surface area contributed by atoms with Gasteiger partial charge in [-0.1, -0.05) is 48.9 Å². The van der Waals surface area contributed by atoms with Crippen molar-refractivity contribution in [2.24, 2.45) is 0 Å². The number of nitrogens with zero attached hydrogens (tertiary/aromatic N) is 2. The summed E-state index contributed by atoms with van der Waals surface area (Å²) in [4.78, 5) is 16.7. The van der Waals surface area contributed by atoms with Crippen LogP contribution in [0.25, 0.3) is 11.0 Å². The van der Waals surface area contributed by atoms with Gasteiger partial charge in [0.05, 0.1) is 17.3 Å². The lowest BCUT2D eigenvalue weighted by molar-refractivity contribution is 0.0925. The lowest BCUT2D eigenvalue weighted by Crippen LogP contribution is -2.23. The van der Waals surface area contributed by atoms with Crippen molar-refractivity contribution in [1.29, 1.82) is 0 Å². The molecule has 0 aliphatic heterocycles. The van der Waals surface area contributed by atoms with E-state index < -0.39 is 0 Å². The Bertz CT molecular complexity index is 1050. The van der Waals surface area contributed by atoms with Crippen molar-refractivity contribution >= 4 is 16.9 Å². The van der Waals surface area contributed by atoms with Gasteiger partial charge in [-0.05, 0) is 42.7 Å². The number of hydrogen-bond donors (Lipinski definition) is 1. The molecule has 0 bridgehead atoms. The van der Waals surface area contributed by atoms with Gasteiger partial charge in [-0.3, -0.25) is 4.79 Å². The molecule has 0 spiro atoms. The highest BCUT2D eigenvalue weighted by Crippen LogP contribution is 2.19. The summed E-state index contributed by atoms with van der Waals surface area (Å²) in [5.74, 6) is 1.33. The van der Waals surface area contributed by atoms with E-state index in [9.17, 15) is 4.79 Å². The Kier molecular flexibility index (Phi) is 6.05. The molecule has 0 radical (unpaired) electrons. The van der Waals surface area contributed by atoms with Crippen molar-refractivity contribution < 1.29 is 9.21 Å². The minimum Gasteiger partial charge on any atom is -0.459 e. The zero-order chi connectivity index (χ0) is 19.9. The van der Waals surface area contributed by atoms with Crippen LogP contribution in [0.4, 0.5) is 0 Å². The molecule has 5 nitrogen and oxygen atoms in total. The standard InChI is InChI=1S/C24H25N3O2/c28-24(22-14-9-17-29-22)25-16-8-2-5-15-23-26-20-12-6-7-13-21(20)27(23)18-19-10-3-1-4-11-19/h1,3-4,6-7,9-14,17H,2,5,8,15-16,18H2,(H,25,28). The normalized spacial score (nSPS) is 11.0. The molecule has 2 heterocycles. The van der Waals surface area contributed by atoms with Crippen LogP contribution in [0.15, 0.2) is 77.4 Å². The predicted molar refractivity (Wildman–Crippen MR) is 114 cm³/mol. The van der Waals surface area contributed by atoms with Crippen molar-refractivity contribution in [1.82, 2.24) is 14.9 Å². The molecule has 0 fully saturated rings. The minimum atomic E-state index is -0.153. The largest absolute Gasteiger partial charge is 0.459 e. The monoisotopic (exact) mass is 387 g/mol. The number of fused-ring (bicyclic) bond motifs is 1. The second-order valence-electron chi connectivity index (χ2n) is 7.13. The van der Waals surface area contributed by atoms with E-state index in [4.69, 9.17) is 9.40 Å². The Morgan fingerprint density at radius 2 is 1.76 bits per heavy atom. The number of aryl methyl sites for hydroxylation is 1. The highest BCUT2D eigenvalue weighted by molar-refractivity contribution is 5.91. The highest BCUT2D eigenvalue weighted by atomic mass is 16.3. The van der Waals surface area contributed by atoms with E-state index in [0.717, 1.165) is 43.6 Å². The maximum absolute atomic E-state index is 11.9. The van der Waals surface area contributed by atoms with Gasteiger partial charge in [-0.2, -0.15) is 0 Å². The third-order valence-corrected chi connectivity index (χ3v) is 5.02. The molecule has 1 amide bonds. The van der Waals surface area contributed by atoms with Gasteiger partial charge in [0.2, 0.25) is 0 Å². The van der Waals surface area contributed by atoms with E-state index in [1.165, 1.54) is 17.3 Å². The number of furan rings is 1. The van der Waals surface area contributed by atoms with Gasteiger partial charge in [-0.15, -0.1) is 0 Å². The van der Waals surface area contributed by atoms with Gasteiger partial charge in [-0.25, -0.2) is 4.98 Å². The number of carbonyl (C=O) groups is 1. The van der Waals surface area contributed by atoms with Crippen LogP contribution >= 0.6 is 0 Å². The highest BCUT2D eigenvalue weighted by Gasteiger charge is 2.11. The Labute approximate surface area is 170 Å². The summed E-state index contributed by atoms with van der Waals surface area (Å²) >= 11 is 0. The lowest BCUT2D eigenvalue weighted by atomic mass is 10.1. The number of carbonyl (C=O) groups excluding carboxylic acids is 1. The summed E-state index contributed by atoms with van der Waals surface area (Å²) in [6, 6.07) is 22.2. The van der Waals surface area contributed by atoms with Gasteiger partial charge < -0.3 is 14.3 Å². The molecule has 4 aromatic rings. The average Bonchev–Trinajstić information content (AvgIpc) is 3.40. The SMILES string of the molecule is O=C(NCCCCCc1nc2ccccc2n1Cc1ccccc1)c1ccco1. The van der Waals surface area contributed by atoms with Crippen LogP contribution in [0.5, 0.6) is 0 Å². The first-order valence-corrected chi connectivity index (χ1v) is 10.1. The quantitative estimate of drug-likeness (QED) is 0.419. The first kappa shape index (κ1) is 19.0. The van der Waals surface area contributed by atoms with E-state index >= 15 is 0 Å². The Hall–Kier alpha value is -3.34. The van der Waals surface area contributed by atoms with Crippen LogP contribution < -0.4 is 5.32 Å². The number of nitrogens with one attached hydrogen (secondary N) is 1. The summed E-state index contributed by atoms with van der Waals surface area (Å²) < 4.78 is 7.42. The third kappa shape index (κ3) is 4.74. The molecule has 0 unspecified atom stereocenters. The Morgan fingerprint density at radius 1 is 0.931 bits per heavy atom. The maximum Gasteiger partial charge on any atom is 0.286 e. The molecule has 29 heavy (non-hydrogen) atoms. The summed E-state index contributed by atoms with van der Waals surface area (Å²) in [7, 11) is 0. The molecular formula is C24H25N3O2. The number of aromatic nitrogens is 2. The van der Waals surface area contributed by atoms with Gasteiger partial charge in [0.25, 0.3) is 5.91 Å². The number of hydrogen-bond acceptors (Lipinski definition) is 3. The molecular weight excluding hydrogens is 362 g/mol. The number of amides is 1. The smallest absolute Gasteiger partial charge is 0.286 e. The second kappa shape index (κ2) is 9.24. The fraction of sp³-hybridized carbons (Fsp3) is 0.250. The van der Waals surface area contributed by atoms with Gasteiger partial charge in [0.1, 0.15) is 5.82 Å². The molecule has 2 aromatic heterocycles. The van der Waals surface area contributed by atoms with Crippen molar-refractivity contribution in [2.75, 3.05) is 6.54 Å². The van der Waals surface area contributed by atoms with Crippen molar-refractivity contribution in [3.05, 3.63) is 90.1 Å². The molecule has 4 rings (SSSR count). The Balaban J connectivity index is 1.33. The zero-order valence-corrected chi connectivity index (χ0v) is 16.4. The number of para-hydroxylation sites is 2. The van der Waals surface area contributed by atoms with E-state index in [-0.39, 0.29) is 5.91 Å². The van der Waals surface area contributed by atoms with Crippen LogP contribution in [0.1, 0.15) is 41.2 Å². The molecule has 5 heteroatoms. The first-order chi connectivity index (χ1) is 14.3. The predicted octanol–water partition coefficient (Wildman–Crippen LogP) is 4.82. The molecule has 1 N–H and O–H groups in total. The first-order valence-electron chi connectivity index (χ1n) is 10.1. The molecule has 0 saturated heterocycles. The van der Waals surface area contributed by atoms with Crippen LogP contribution in [0, 0.1) is 0 Å². The average molecular weight is 387 g/mol. The molecule has 148 valence electrons. The fourth-order valence-corrected chi connectivity index (χ4v) is 3.54. The van der Waals surface area contributed by atoms with E-state index in [1.54, 1.807) is 12.1 Å². The maximum atomic E-state index is 11.9. The van der Waals surface area contributed by atoms with Gasteiger partial charge in [0.15, 0.2) is 5.76 Å². The van der Waals surface area contributed by atoms with Gasteiger partial charge >= 0.3 is 0 Å². The fourth-order valence-electron chi connectivity index (χ4n) is 3.54. The summed E-state index contributed by atoms with van der Waals surface area (Å²) in [6.07, 6.45) is 5.44. The Morgan fingerprint density at radius 3 is 2.59 bits per heavy atom. The molecule has 0 saturated carbocycles. The van der Waals surface area contributed by atoms with Crippen molar-refractivity contribution in [2.45, 2.75) is 32.2 Å². The summed E-state index contributed by atoms with van der Waals surface area (Å²) in [6.45, 7) is 1.48. The molecule has 0 aliphatic carbocycles. The molecule has 0 aliphatic rings. The van der Waals surface area contributed by atoms with E-state index in [0.29, 0.717) is 12.3 Å². The van der Waals surface area contributed by atoms with E-state index in [1.807, 2.05) is 12.1 Å². The number of unbranched alkanes of at least 4 members (excludes halogenated alkanes) is 2. The molecule has 2 aromatic carbocycles. The topological polar surface area (TPSA) is 60.1 Å². The van der Waals surface area contributed by atoms with Crippen molar-refractivity contribution in [3.8, 4) is 0 Å². The van der Waals surface area contributed by atoms with Crippen molar-refractivity contribution in [3.63, 3.8) is 0 Å². The van der Waals surface area contributed by atoms with Crippen LogP contribution in [0.2, 0.25) is 0 Å². The zero-order valence-electron chi connectivity index (χ0n) is 16.4. The minimum absolute atomic E-state index is 0.153. The lowest BCUT2D eigenvalue weighted by Gasteiger charge is -2.10. The third-order valence-electron chi connectivity index (χ3n) is 5.02. The van der Waals surface area contributed by atoms with Crippen LogP contribution in [0.3, 0.4) is 0 Å². The number of imidazole rings is 1. The number of rotatable bonds is 9. The van der Waals surface area contributed by atoms with Crippen LogP contribution in [-0.2, 0) is 13.0 Å². The van der Waals surface area contributed by atoms with Gasteiger partial charge in [0, 0.05) is 19.5 Å². The van der Waals surface area contributed by atoms with E-state index in [2.05, 4.69) is 52.3 Å². The number of benzene rings is 2. The molecule has 0 atom stereocenters. The van der Waals surface area contributed by atoms with Crippen LogP contribution in [-0.4, -0.2) is 22.0 Å². The summed E-state index contributed by atoms with van der Waals surface area (Å²) in [5.41, 5.74) is 3.50. The summed E-state index contributed by atoms with van der Waals surface area (Å²) in [5, 5.41) is 2.90. The second-order valence-corrected chi connectivity index (χ2v) is 7.13.